The Bertz CT molecular complexity index is 1100. The van der Waals surface area contributed by atoms with Crippen molar-refractivity contribution in [3.05, 3.63) is 59.7 Å². The molecule has 0 aromatic heterocycles. The minimum Gasteiger partial charge on any atom is -0.339 e. The zero-order valence-corrected chi connectivity index (χ0v) is 16.8. The lowest BCUT2D eigenvalue weighted by Crippen LogP contribution is -2.41. The van der Waals surface area contributed by atoms with Gasteiger partial charge in [-0.05, 0) is 37.1 Å². The van der Waals surface area contributed by atoms with E-state index in [4.69, 9.17) is 0 Å². The number of benzene rings is 2. The van der Waals surface area contributed by atoms with E-state index in [2.05, 4.69) is 5.32 Å². The number of para-hydroxylation sites is 1. The first-order chi connectivity index (χ1) is 14.6. The van der Waals surface area contributed by atoms with Crippen LogP contribution in [-0.2, 0) is 14.6 Å². The molecule has 2 aromatic carbocycles. The molecule has 2 aromatic rings. The molecule has 1 heterocycles. The van der Waals surface area contributed by atoms with Crippen LogP contribution >= 0.6 is 0 Å². The zero-order chi connectivity index (χ0) is 22.8. The molecule has 2 amide bonds. The van der Waals surface area contributed by atoms with Gasteiger partial charge in [-0.1, -0.05) is 12.1 Å². The number of nitrogens with zero attached hydrogens (tertiary/aromatic N) is 1. The summed E-state index contributed by atoms with van der Waals surface area (Å²) in [4.78, 5) is 25.6. The molecule has 0 radical (unpaired) electrons. The average molecular weight is 458 g/mol. The normalized spacial score (nSPS) is 15.2. The summed E-state index contributed by atoms with van der Waals surface area (Å²) < 4.78 is 76.3. The van der Waals surface area contributed by atoms with Crippen molar-refractivity contribution >= 4 is 27.3 Å². The summed E-state index contributed by atoms with van der Waals surface area (Å²) in [7, 11) is -4.90. The number of hydrogen-bond acceptors (Lipinski definition) is 4. The number of rotatable bonds is 5. The molecule has 11 heteroatoms. The van der Waals surface area contributed by atoms with E-state index in [0.717, 1.165) is 18.2 Å². The second-order valence-electron chi connectivity index (χ2n) is 6.98. The van der Waals surface area contributed by atoms with Gasteiger partial charge >= 0.3 is 5.76 Å². The zero-order valence-electron chi connectivity index (χ0n) is 16.0. The van der Waals surface area contributed by atoms with Gasteiger partial charge in [0, 0.05) is 25.1 Å². The second-order valence-corrected chi connectivity index (χ2v) is 8.87. The Morgan fingerprint density at radius 1 is 1.03 bits per heavy atom. The van der Waals surface area contributed by atoms with Gasteiger partial charge in [0.15, 0.2) is 0 Å². The van der Waals surface area contributed by atoms with Gasteiger partial charge in [0.25, 0.3) is 5.91 Å². The Morgan fingerprint density at radius 3 is 2.29 bits per heavy atom. The van der Waals surface area contributed by atoms with Crippen LogP contribution in [0.25, 0.3) is 0 Å². The predicted molar refractivity (Wildman–Crippen MR) is 103 cm³/mol. The number of sulfone groups is 1. The number of alkyl halides is 2. The molecular weight excluding hydrogens is 440 g/mol. The van der Waals surface area contributed by atoms with E-state index < -0.39 is 49.9 Å². The Labute approximate surface area is 175 Å². The van der Waals surface area contributed by atoms with Crippen LogP contribution in [-0.4, -0.2) is 44.0 Å². The van der Waals surface area contributed by atoms with E-state index in [1.54, 1.807) is 0 Å². The SMILES string of the molecule is O=C(Nc1ccccc1S(=O)(=O)C(F)F)C1CCN(C(=O)c2ccc(F)cc2F)CC1. The molecule has 1 N–H and O–H groups in total. The number of nitrogens with one attached hydrogen (secondary N) is 1. The van der Waals surface area contributed by atoms with Crippen molar-refractivity contribution in [2.24, 2.45) is 5.92 Å². The summed E-state index contributed by atoms with van der Waals surface area (Å²) in [5.74, 6) is -7.24. The molecule has 166 valence electrons. The number of anilines is 1. The van der Waals surface area contributed by atoms with Gasteiger partial charge in [0.1, 0.15) is 11.6 Å². The van der Waals surface area contributed by atoms with Gasteiger partial charge in [0.05, 0.1) is 16.1 Å². The summed E-state index contributed by atoms with van der Waals surface area (Å²) in [6.07, 6.45) is 0.397. The van der Waals surface area contributed by atoms with Gasteiger partial charge < -0.3 is 10.2 Å². The van der Waals surface area contributed by atoms with Crippen LogP contribution in [0.5, 0.6) is 0 Å². The molecule has 0 aliphatic carbocycles. The molecule has 0 unspecified atom stereocenters. The van der Waals surface area contributed by atoms with Crippen molar-refractivity contribution in [1.82, 2.24) is 4.90 Å². The lowest BCUT2D eigenvalue weighted by atomic mass is 9.95. The van der Waals surface area contributed by atoms with E-state index in [0.29, 0.717) is 6.07 Å². The molecule has 0 atom stereocenters. The first kappa shape index (κ1) is 22.7. The molecule has 1 saturated heterocycles. The molecule has 0 saturated carbocycles. The molecule has 31 heavy (non-hydrogen) atoms. The Hall–Kier alpha value is -2.95. The summed E-state index contributed by atoms with van der Waals surface area (Å²) in [5, 5.41) is 2.38. The van der Waals surface area contributed by atoms with Crippen molar-refractivity contribution < 1.29 is 35.6 Å². The largest absolute Gasteiger partial charge is 0.341 e. The molecule has 6 nitrogen and oxygen atoms in total. The van der Waals surface area contributed by atoms with Crippen LogP contribution < -0.4 is 5.32 Å². The number of piperidine rings is 1. The minimum atomic E-state index is -4.90. The average Bonchev–Trinajstić information content (AvgIpc) is 2.73. The van der Waals surface area contributed by atoms with E-state index in [9.17, 15) is 35.6 Å². The molecule has 1 aliphatic heterocycles. The van der Waals surface area contributed by atoms with E-state index in [1.165, 1.54) is 23.1 Å². The van der Waals surface area contributed by atoms with Crippen molar-refractivity contribution in [2.75, 3.05) is 18.4 Å². The fourth-order valence-electron chi connectivity index (χ4n) is 3.33. The first-order valence-corrected chi connectivity index (χ1v) is 10.8. The highest BCUT2D eigenvalue weighted by Crippen LogP contribution is 2.28. The maximum absolute atomic E-state index is 13.8. The van der Waals surface area contributed by atoms with Gasteiger partial charge in [-0.15, -0.1) is 0 Å². The molecule has 0 spiro atoms. The van der Waals surface area contributed by atoms with E-state index >= 15 is 0 Å². The summed E-state index contributed by atoms with van der Waals surface area (Å²) >= 11 is 0. The van der Waals surface area contributed by atoms with Crippen molar-refractivity contribution in [3.63, 3.8) is 0 Å². The molecule has 0 bridgehead atoms. The van der Waals surface area contributed by atoms with E-state index in [-0.39, 0.29) is 37.2 Å². The van der Waals surface area contributed by atoms with E-state index in [1.807, 2.05) is 0 Å². The molecule has 1 fully saturated rings. The van der Waals surface area contributed by atoms with Crippen molar-refractivity contribution in [2.45, 2.75) is 23.5 Å². The quantitative estimate of drug-likeness (QED) is 0.696. The maximum Gasteiger partial charge on any atom is 0.341 e. The Kier molecular flexibility index (Phi) is 6.63. The monoisotopic (exact) mass is 458 g/mol. The standard InChI is InChI=1S/C20H18F4N2O4S/c21-13-5-6-14(15(22)11-13)19(28)26-9-7-12(8-10-26)18(27)25-16-3-1-2-4-17(16)31(29,30)20(23)24/h1-6,11-12,20H,7-10H2,(H,25,27). The fraction of sp³-hybridized carbons (Fsp3) is 0.300. The number of halogens is 4. The Morgan fingerprint density at radius 2 is 1.68 bits per heavy atom. The lowest BCUT2D eigenvalue weighted by Gasteiger charge is -2.31. The van der Waals surface area contributed by atoms with Crippen LogP contribution in [0.15, 0.2) is 47.4 Å². The van der Waals surface area contributed by atoms with Crippen LogP contribution in [0.1, 0.15) is 23.2 Å². The van der Waals surface area contributed by atoms with Crippen LogP contribution in [0.3, 0.4) is 0 Å². The number of carbonyl (C=O) groups excluding carboxylic acids is 2. The van der Waals surface area contributed by atoms with Crippen LogP contribution in [0.4, 0.5) is 23.2 Å². The van der Waals surface area contributed by atoms with Gasteiger partial charge in [-0.25, -0.2) is 17.2 Å². The van der Waals surface area contributed by atoms with Gasteiger partial charge in [-0.3, -0.25) is 9.59 Å². The van der Waals surface area contributed by atoms with Crippen LogP contribution in [0.2, 0.25) is 0 Å². The molecule has 1 aliphatic rings. The smallest absolute Gasteiger partial charge is 0.339 e. The third-order valence-electron chi connectivity index (χ3n) is 5.00. The van der Waals surface area contributed by atoms with Gasteiger partial charge in [-0.2, -0.15) is 8.78 Å². The third-order valence-corrected chi connectivity index (χ3v) is 6.44. The highest BCUT2D eigenvalue weighted by Gasteiger charge is 2.32. The minimum absolute atomic E-state index is 0.116. The highest BCUT2D eigenvalue weighted by molar-refractivity contribution is 7.91. The number of amides is 2. The number of carbonyl (C=O) groups is 2. The fourth-order valence-corrected chi connectivity index (χ4v) is 4.21. The topological polar surface area (TPSA) is 83.6 Å². The number of hydrogen-bond donors (Lipinski definition) is 1. The summed E-state index contributed by atoms with van der Waals surface area (Å²) in [6, 6.07) is 7.49. The number of likely N-dealkylation sites (tertiary alicyclic amines) is 1. The maximum atomic E-state index is 13.8. The second kappa shape index (κ2) is 9.04. The highest BCUT2D eigenvalue weighted by atomic mass is 32.2. The molecular formula is C20H18F4N2O4S. The Balaban J connectivity index is 1.66. The summed E-state index contributed by atoms with van der Waals surface area (Å²) in [6.45, 7) is 0.232. The van der Waals surface area contributed by atoms with Gasteiger partial charge in [0.2, 0.25) is 15.7 Å². The third kappa shape index (κ3) is 4.87. The first-order valence-electron chi connectivity index (χ1n) is 9.27. The molecule has 3 rings (SSSR count). The summed E-state index contributed by atoms with van der Waals surface area (Å²) in [5.41, 5.74) is -0.532. The lowest BCUT2D eigenvalue weighted by molar-refractivity contribution is -0.121. The van der Waals surface area contributed by atoms with Crippen molar-refractivity contribution in [3.8, 4) is 0 Å². The predicted octanol–water partition coefficient (Wildman–Crippen LogP) is 3.45. The van der Waals surface area contributed by atoms with Crippen molar-refractivity contribution in [1.29, 1.82) is 0 Å². The van der Waals surface area contributed by atoms with Crippen LogP contribution in [0, 0.1) is 17.6 Å².